The fraction of sp³-hybridized carbons (Fsp3) is 0.938. The van der Waals surface area contributed by atoms with Gasteiger partial charge in [-0.1, -0.05) is 13.8 Å². The van der Waals surface area contributed by atoms with Crippen LogP contribution in [0.2, 0.25) is 0 Å². The van der Waals surface area contributed by atoms with Crippen LogP contribution >= 0.6 is 0 Å². The summed E-state index contributed by atoms with van der Waals surface area (Å²) >= 11 is 0. The molecule has 2 aliphatic rings. The smallest absolute Gasteiger partial charge is 0.222 e. The predicted octanol–water partition coefficient (Wildman–Crippen LogP) is 1.66. The van der Waals surface area contributed by atoms with E-state index in [1.807, 2.05) is 11.8 Å². The lowest BCUT2D eigenvalue weighted by atomic mass is 10.1. The quantitative estimate of drug-likeness (QED) is 0.767. The van der Waals surface area contributed by atoms with Gasteiger partial charge in [-0.05, 0) is 32.2 Å². The Bertz CT molecular complexity index is 313. The number of amides is 1. The van der Waals surface area contributed by atoms with Crippen molar-refractivity contribution in [3.63, 3.8) is 0 Å². The SMILES string of the molecule is CCC(=O)N1CCN(C[C@@H]2CCN(C(C)CC)C2)CC1. The molecular formula is C16H31N3O. The van der Waals surface area contributed by atoms with Crippen LogP contribution in [0.1, 0.15) is 40.0 Å². The van der Waals surface area contributed by atoms with Crippen LogP contribution in [0.3, 0.4) is 0 Å². The van der Waals surface area contributed by atoms with Gasteiger partial charge < -0.3 is 9.80 Å². The maximum atomic E-state index is 11.7. The Balaban J connectivity index is 1.70. The first kappa shape index (κ1) is 15.8. The third-order valence-corrected chi connectivity index (χ3v) is 5.08. The van der Waals surface area contributed by atoms with Gasteiger partial charge in [0.05, 0.1) is 0 Å². The molecule has 4 nitrogen and oxygen atoms in total. The Kier molecular flexibility index (Phi) is 5.85. The fourth-order valence-corrected chi connectivity index (χ4v) is 3.44. The van der Waals surface area contributed by atoms with Crippen LogP contribution in [0, 0.1) is 5.92 Å². The Morgan fingerprint density at radius 2 is 1.85 bits per heavy atom. The zero-order chi connectivity index (χ0) is 14.5. The fourth-order valence-electron chi connectivity index (χ4n) is 3.44. The highest BCUT2D eigenvalue weighted by molar-refractivity contribution is 5.75. The second-order valence-electron chi connectivity index (χ2n) is 6.44. The van der Waals surface area contributed by atoms with Gasteiger partial charge in [0.15, 0.2) is 0 Å². The lowest BCUT2D eigenvalue weighted by Crippen LogP contribution is -2.49. The van der Waals surface area contributed by atoms with Crippen molar-refractivity contribution < 1.29 is 4.79 Å². The molecule has 1 amide bonds. The Hall–Kier alpha value is -0.610. The second-order valence-corrected chi connectivity index (χ2v) is 6.44. The zero-order valence-corrected chi connectivity index (χ0v) is 13.5. The van der Waals surface area contributed by atoms with E-state index in [0.717, 1.165) is 38.1 Å². The molecule has 4 heteroatoms. The largest absolute Gasteiger partial charge is 0.340 e. The van der Waals surface area contributed by atoms with Crippen LogP contribution in [0.5, 0.6) is 0 Å². The summed E-state index contributed by atoms with van der Waals surface area (Å²) < 4.78 is 0. The molecule has 2 saturated heterocycles. The molecule has 0 N–H and O–H groups in total. The molecule has 0 aliphatic carbocycles. The number of carbonyl (C=O) groups is 1. The molecule has 2 aliphatic heterocycles. The van der Waals surface area contributed by atoms with Gasteiger partial charge in [0, 0.05) is 51.7 Å². The molecule has 0 aromatic heterocycles. The highest BCUT2D eigenvalue weighted by atomic mass is 16.2. The minimum atomic E-state index is 0.313. The van der Waals surface area contributed by atoms with Crippen molar-refractivity contribution in [3.8, 4) is 0 Å². The topological polar surface area (TPSA) is 26.8 Å². The normalized spacial score (nSPS) is 26.9. The van der Waals surface area contributed by atoms with E-state index in [0.29, 0.717) is 12.3 Å². The predicted molar refractivity (Wildman–Crippen MR) is 82.7 cm³/mol. The molecule has 0 aromatic rings. The summed E-state index contributed by atoms with van der Waals surface area (Å²) in [5.41, 5.74) is 0. The molecule has 0 bridgehead atoms. The van der Waals surface area contributed by atoms with E-state index in [1.165, 1.54) is 32.5 Å². The summed E-state index contributed by atoms with van der Waals surface area (Å²) in [5.74, 6) is 1.14. The molecule has 2 rings (SSSR count). The first-order valence-corrected chi connectivity index (χ1v) is 8.38. The molecule has 2 atom stereocenters. The molecule has 1 unspecified atom stereocenters. The summed E-state index contributed by atoms with van der Waals surface area (Å²) in [5, 5.41) is 0. The highest BCUT2D eigenvalue weighted by Gasteiger charge is 2.28. The second kappa shape index (κ2) is 7.41. The highest BCUT2D eigenvalue weighted by Crippen LogP contribution is 2.21. The van der Waals surface area contributed by atoms with Crippen LogP contribution < -0.4 is 0 Å². The summed E-state index contributed by atoms with van der Waals surface area (Å²) in [4.78, 5) is 18.9. The van der Waals surface area contributed by atoms with E-state index in [4.69, 9.17) is 0 Å². The third-order valence-electron chi connectivity index (χ3n) is 5.08. The van der Waals surface area contributed by atoms with E-state index >= 15 is 0 Å². The van der Waals surface area contributed by atoms with Crippen LogP contribution in [-0.4, -0.2) is 72.5 Å². The van der Waals surface area contributed by atoms with Crippen molar-refractivity contribution in [3.05, 3.63) is 0 Å². The molecule has 0 radical (unpaired) electrons. The number of hydrogen-bond donors (Lipinski definition) is 0. The van der Waals surface area contributed by atoms with Gasteiger partial charge in [0.2, 0.25) is 5.91 Å². The van der Waals surface area contributed by atoms with Crippen molar-refractivity contribution in [1.29, 1.82) is 0 Å². The Labute approximate surface area is 124 Å². The summed E-state index contributed by atoms with van der Waals surface area (Å²) in [6, 6.07) is 0.735. The monoisotopic (exact) mass is 281 g/mol. The van der Waals surface area contributed by atoms with Gasteiger partial charge in [-0.25, -0.2) is 0 Å². The number of rotatable bonds is 5. The van der Waals surface area contributed by atoms with E-state index in [2.05, 4.69) is 23.6 Å². The summed E-state index contributed by atoms with van der Waals surface area (Å²) in [7, 11) is 0. The molecular weight excluding hydrogens is 250 g/mol. The van der Waals surface area contributed by atoms with Gasteiger partial charge in [-0.15, -0.1) is 0 Å². The first-order chi connectivity index (χ1) is 9.63. The number of nitrogens with zero attached hydrogens (tertiary/aromatic N) is 3. The minimum absolute atomic E-state index is 0.313. The van der Waals surface area contributed by atoms with E-state index in [-0.39, 0.29) is 0 Å². The maximum Gasteiger partial charge on any atom is 0.222 e. The van der Waals surface area contributed by atoms with Crippen LogP contribution in [-0.2, 0) is 4.79 Å². The Morgan fingerprint density at radius 1 is 1.15 bits per heavy atom. The number of likely N-dealkylation sites (tertiary alicyclic amines) is 1. The van der Waals surface area contributed by atoms with E-state index in [9.17, 15) is 4.79 Å². The molecule has 2 fully saturated rings. The first-order valence-electron chi connectivity index (χ1n) is 8.38. The molecule has 0 aromatic carbocycles. The zero-order valence-electron chi connectivity index (χ0n) is 13.5. The lowest BCUT2D eigenvalue weighted by Gasteiger charge is -2.36. The van der Waals surface area contributed by atoms with Crippen LogP contribution in [0.4, 0.5) is 0 Å². The van der Waals surface area contributed by atoms with Gasteiger partial charge in [-0.3, -0.25) is 9.69 Å². The maximum absolute atomic E-state index is 11.7. The van der Waals surface area contributed by atoms with Crippen molar-refractivity contribution >= 4 is 5.91 Å². The van der Waals surface area contributed by atoms with Gasteiger partial charge in [0.25, 0.3) is 0 Å². The summed E-state index contributed by atoms with van der Waals surface area (Å²) in [6.45, 7) is 14.3. The molecule has 0 saturated carbocycles. The summed E-state index contributed by atoms with van der Waals surface area (Å²) in [6.07, 6.45) is 3.25. The number of carbonyl (C=O) groups excluding carboxylic acids is 1. The standard InChI is InChI=1S/C16H31N3O/c1-4-14(3)19-7-6-15(13-19)12-17-8-10-18(11-9-17)16(20)5-2/h14-15H,4-13H2,1-3H3/t14?,15-/m0/s1. The van der Waals surface area contributed by atoms with Gasteiger partial charge >= 0.3 is 0 Å². The van der Waals surface area contributed by atoms with Crippen LogP contribution in [0.25, 0.3) is 0 Å². The molecule has 116 valence electrons. The van der Waals surface area contributed by atoms with E-state index < -0.39 is 0 Å². The molecule has 20 heavy (non-hydrogen) atoms. The van der Waals surface area contributed by atoms with Crippen molar-refractivity contribution in [2.75, 3.05) is 45.8 Å². The molecule has 0 spiro atoms. The van der Waals surface area contributed by atoms with Gasteiger partial charge in [0.1, 0.15) is 0 Å². The molecule has 2 heterocycles. The minimum Gasteiger partial charge on any atom is -0.340 e. The lowest BCUT2D eigenvalue weighted by molar-refractivity contribution is -0.132. The third kappa shape index (κ3) is 3.95. The Morgan fingerprint density at radius 3 is 2.45 bits per heavy atom. The average Bonchev–Trinajstić information content (AvgIpc) is 2.95. The average molecular weight is 281 g/mol. The van der Waals surface area contributed by atoms with Crippen LogP contribution in [0.15, 0.2) is 0 Å². The van der Waals surface area contributed by atoms with Crippen molar-refractivity contribution in [2.24, 2.45) is 5.92 Å². The van der Waals surface area contributed by atoms with Gasteiger partial charge in [-0.2, -0.15) is 0 Å². The van der Waals surface area contributed by atoms with Crippen molar-refractivity contribution in [1.82, 2.24) is 14.7 Å². The number of hydrogen-bond acceptors (Lipinski definition) is 3. The van der Waals surface area contributed by atoms with Crippen molar-refractivity contribution in [2.45, 2.75) is 46.1 Å². The van der Waals surface area contributed by atoms with E-state index in [1.54, 1.807) is 0 Å². The number of piperazine rings is 1.